The zero-order chi connectivity index (χ0) is 13.8. The van der Waals surface area contributed by atoms with Crippen molar-refractivity contribution in [1.29, 1.82) is 0 Å². The average Bonchev–Trinajstić information content (AvgIpc) is 2.99. The highest BCUT2D eigenvalue weighted by Gasteiger charge is 2.28. The number of aliphatic hydroxyl groups is 1. The molecule has 1 heterocycles. The number of carbonyl (C=O) groups excluding carboxylic acids is 1. The van der Waals surface area contributed by atoms with Crippen molar-refractivity contribution >= 4 is 5.91 Å². The maximum atomic E-state index is 12.2. The van der Waals surface area contributed by atoms with E-state index in [9.17, 15) is 9.90 Å². The van der Waals surface area contributed by atoms with Gasteiger partial charge in [-0.25, -0.2) is 0 Å². The molecule has 0 saturated heterocycles. The van der Waals surface area contributed by atoms with Gasteiger partial charge in [-0.2, -0.15) is 0 Å². The van der Waals surface area contributed by atoms with Crippen LogP contribution in [0.4, 0.5) is 0 Å². The molecule has 106 valence electrons. The average molecular weight is 267 g/mol. The quantitative estimate of drug-likeness (QED) is 0.881. The molecule has 0 bridgehead atoms. The Morgan fingerprint density at radius 2 is 2.32 bits per heavy atom. The highest BCUT2D eigenvalue weighted by Crippen LogP contribution is 2.26. The molecule has 1 fully saturated rings. The van der Waals surface area contributed by atoms with Crippen LogP contribution in [0.2, 0.25) is 0 Å². The van der Waals surface area contributed by atoms with Gasteiger partial charge in [-0.3, -0.25) is 4.79 Å². The Morgan fingerprint density at radius 1 is 1.53 bits per heavy atom. The van der Waals surface area contributed by atoms with E-state index in [0.29, 0.717) is 24.7 Å². The molecule has 1 saturated carbocycles. The molecule has 0 aromatic carbocycles. The molecular weight excluding hydrogens is 246 g/mol. The molecule has 1 aliphatic rings. The standard InChI is InChI=1S/C14H21NO4/c1-15(8-10-4-3-5-12(10)16)14(17)13-7-6-11(19-13)9-18-2/h6-7,10,12,16H,3-5,8-9H2,1-2H3. The maximum absolute atomic E-state index is 12.2. The third kappa shape index (κ3) is 3.36. The molecule has 2 unspecified atom stereocenters. The summed E-state index contributed by atoms with van der Waals surface area (Å²) in [5, 5.41) is 9.79. The fourth-order valence-corrected chi connectivity index (χ4v) is 2.57. The molecule has 1 N–H and O–H groups in total. The Kier molecular flexibility index (Phi) is 4.61. The number of methoxy groups -OCH3 is 1. The van der Waals surface area contributed by atoms with E-state index in [1.807, 2.05) is 0 Å². The van der Waals surface area contributed by atoms with Crippen molar-refractivity contribution < 1.29 is 19.1 Å². The fraction of sp³-hybridized carbons (Fsp3) is 0.643. The van der Waals surface area contributed by atoms with Gasteiger partial charge < -0.3 is 19.2 Å². The number of nitrogens with zero attached hydrogens (tertiary/aromatic N) is 1. The van der Waals surface area contributed by atoms with Gasteiger partial charge in [0.05, 0.1) is 6.10 Å². The second-order valence-corrected chi connectivity index (χ2v) is 5.14. The first-order valence-corrected chi connectivity index (χ1v) is 6.63. The molecule has 1 aromatic heterocycles. The van der Waals surface area contributed by atoms with Crippen LogP contribution in [0.15, 0.2) is 16.5 Å². The van der Waals surface area contributed by atoms with Gasteiger partial charge in [0.2, 0.25) is 0 Å². The predicted octanol–water partition coefficient (Wildman–Crippen LogP) is 1.66. The molecular formula is C14H21NO4. The van der Waals surface area contributed by atoms with Crippen LogP contribution in [-0.4, -0.2) is 42.7 Å². The van der Waals surface area contributed by atoms with Crippen molar-refractivity contribution in [3.8, 4) is 0 Å². The third-order valence-corrected chi connectivity index (χ3v) is 3.63. The second kappa shape index (κ2) is 6.21. The van der Waals surface area contributed by atoms with Gasteiger partial charge in [0, 0.05) is 26.6 Å². The topological polar surface area (TPSA) is 62.9 Å². The zero-order valence-electron chi connectivity index (χ0n) is 11.5. The molecule has 5 nitrogen and oxygen atoms in total. The number of ether oxygens (including phenoxy) is 1. The molecule has 1 aromatic rings. The van der Waals surface area contributed by atoms with E-state index in [-0.39, 0.29) is 17.9 Å². The molecule has 5 heteroatoms. The minimum absolute atomic E-state index is 0.151. The van der Waals surface area contributed by atoms with Gasteiger partial charge in [0.1, 0.15) is 12.4 Å². The number of aliphatic hydroxyl groups excluding tert-OH is 1. The van der Waals surface area contributed by atoms with Crippen LogP contribution in [0.1, 0.15) is 35.6 Å². The van der Waals surface area contributed by atoms with Crippen molar-refractivity contribution in [2.24, 2.45) is 5.92 Å². The molecule has 1 aliphatic carbocycles. The van der Waals surface area contributed by atoms with Gasteiger partial charge in [-0.05, 0) is 25.0 Å². The SMILES string of the molecule is COCc1ccc(C(=O)N(C)CC2CCCC2O)o1. The van der Waals surface area contributed by atoms with E-state index in [2.05, 4.69) is 0 Å². The van der Waals surface area contributed by atoms with Crippen LogP contribution in [0.3, 0.4) is 0 Å². The highest BCUT2D eigenvalue weighted by atomic mass is 16.5. The Balaban J connectivity index is 1.93. The van der Waals surface area contributed by atoms with Crippen LogP contribution in [0.5, 0.6) is 0 Å². The monoisotopic (exact) mass is 267 g/mol. The van der Waals surface area contributed by atoms with Gasteiger partial charge in [0.15, 0.2) is 5.76 Å². The summed E-state index contributed by atoms with van der Waals surface area (Å²) >= 11 is 0. The second-order valence-electron chi connectivity index (χ2n) is 5.14. The molecule has 1 amide bonds. The van der Waals surface area contributed by atoms with E-state index in [1.165, 1.54) is 0 Å². The Morgan fingerprint density at radius 3 is 2.95 bits per heavy atom. The summed E-state index contributed by atoms with van der Waals surface area (Å²) in [6, 6.07) is 3.41. The number of furan rings is 1. The van der Waals surface area contributed by atoms with Crippen molar-refractivity contribution in [3.63, 3.8) is 0 Å². The van der Waals surface area contributed by atoms with Crippen LogP contribution in [0, 0.1) is 5.92 Å². The van der Waals surface area contributed by atoms with Gasteiger partial charge in [-0.1, -0.05) is 6.42 Å². The van der Waals surface area contributed by atoms with E-state index < -0.39 is 0 Å². The fourth-order valence-electron chi connectivity index (χ4n) is 2.57. The Labute approximate surface area is 113 Å². The number of hydrogen-bond donors (Lipinski definition) is 1. The Hall–Kier alpha value is -1.33. The lowest BCUT2D eigenvalue weighted by atomic mass is 10.1. The van der Waals surface area contributed by atoms with Crippen LogP contribution >= 0.6 is 0 Å². The first-order chi connectivity index (χ1) is 9.11. The summed E-state index contributed by atoms with van der Waals surface area (Å²) in [6.45, 7) is 0.929. The Bertz CT molecular complexity index is 429. The lowest BCUT2D eigenvalue weighted by Gasteiger charge is -2.22. The number of hydrogen-bond acceptors (Lipinski definition) is 4. The van der Waals surface area contributed by atoms with Gasteiger partial charge >= 0.3 is 0 Å². The molecule has 2 rings (SSSR count). The lowest BCUT2D eigenvalue weighted by Crippen LogP contribution is -2.34. The van der Waals surface area contributed by atoms with Gasteiger partial charge in [0.25, 0.3) is 5.91 Å². The zero-order valence-corrected chi connectivity index (χ0v) is 11.5. The first-order valence-electron chi connectivity index (χ1n) is 6.63. The maximum Gasteiger partial charge on any atom is 0.289 e. The van der Waals surface area contributed by atoms with Crippen LogP contribution in [-0.2, 0) is 11.3 Å². The normalized spacial score (nSPS) is 22.7. The number of rotatable bonds is 5. The van der Waals surface area contributed by atoms with Crippen molar-refractivity contribution in [2.45, 2.75) is 32.0 Å². The van der Waals surface area contributed by atoms with E-state index in [0.717, 1.165) is 19.3 Å². The van der Waals surface area contributed by atoms with Crippen LogP contribution < -0.4 is 0 Å². The summed E-state index contributed by atoms with van der Waals surface area (Å²) in [6.07, 6.45) is 2.57. The van der Waals surface area contributed by atoms with Crippen molar-refractivity contribution in [3.05, 3.63) is 23.7 Å². The predicted molar refractivity (Wildman–Crippen MR) is 69.7 cm³/mol. The lowest BCUT2D eigenvalue weighted by molar-refractivity contribution is 0.0658. The minimum atomic E-state index is -0.282. The van der Waals surface area contributed by atoms with E-state index in [1.54, 1.807) is 31.2 Å². The van der Waals surface area contributed by atoms with Crippen molar-refractivity contribution in [1.82, 2.24) is 4.90 Å². The molecule has 0 spiro atoms. The first kappa shape index (κ1) is 14.1. The summed E-state index contributed by atoms with van der Waals surface area (Å²) in [5.74, 6) is 0.992. The minimum Gasteiger partial charge on any atom is -0.453 e. The summed E-state index contributed by atoms with van der Waals surface area (Å²) in [5.41, 5.74) is 0. The van der Waals surface area contributed by atoms with E-state index >= 15 is 0 Å². The highest BCUT2D eigenvalue weighted by molar-refractivity contribution is 5.91. The molecule has 0 radical (unpaired) electrons. The molecule has 19 heavy (non-hydrogen) atoms. The largest absolute Gasteiger partial charge is 0.453 e. The smallest absolute Gasteiger partial charge is 0.289 e. The number of amides is 1. The summed E-state index contributed by atoms with van der Waals surface area (Å²) < 4.78 is 10.4. The van der Waals surface area contributed by atoms with Crippen LogP contribution in [0.25, 0.3) is 0 Å². The molecule has 2 atom stereocenters. The summed E-state index contributed by atoms with van der Waals surface area (Å²) in [7, 11) is 3.32. The van der Waals surface area contributed by atoms with E-state index in [4.69, 9.17) is 9.15 Å². The summed E-state index contributed by atoms with van der Waals surface area (Å²) in [4.78, 5) is 13.8. The van der Waals surface area contributed by atoms with Gasteiger partial charge in [-0.15, -0.1) is 0 Å². The number of carbonyl (C=O) groups is 1. The molecule has 0 aliphatic heterocycles. The van der Waals surface area contributed by atoms with Crippen molar-refractivity contribution in [2.75, 3.05) is 20.7 Å². The third-order valence-electron chi connectivity index (χ3n) is 3.63.